The summed E-state index contributed by atoms with van der Waals surface area (Å²) < 4.78 is 25.5. The van der Waals surface area contributed by atoms with Crippen molar-refractivity contribution in [3.05, 3.63) is 46.5 Å². The zero-order chi connectivity index (χ0) is 39.0. The first-order valence-corrected chi connectivity index (χ1v) is 22.8. The van der Waals surface area contributed by atoms with Crippen LogP contribution in [0.25, 0.3) is 0 Å². The van der Waals surface area contributed by atoms with Crippen LogP contribution in [-0.2, 0) is 33.1 Å². The van der Waals surface area contributed by atoms with Crippen LogP contribution in [0.3, 0.4) is 0 Å². The molecule has 6 fully saturated rings. The molecule has 2 aromatic rings. The normalized spacial score (nSPS) is 40.2. The second kappa shape index (κ2) is 13.4. The van der Waals surface area contributed by atoms with E-state index in [1.807, 2.05) is 0 Å². The Kier molecular flexibility index (Phi) is 8.58. The number of benzene rings is 2. The van der Waals surface area contributed by atoms with Crippen molar-refractivity contribution in [1.82, 2.24) is 20.4 Å². The van der Waals surface area contributed by atoms with Gasteiger partial charge in [-0.15, -0.1) is 0 Å². The molecule has 2 aromatic carbocycles. The van der Waals surface area contributed by atoms with Crippen LogP contribution in [0.4, 0.5) is 0 Å². The molecule has 2 spiro atoms. The lowest BCUT2D eigenvalue weighted by Crippen LogP contribution is -2.78. The molecule has 6 aliphatic carbocycles. The number of hydrogen-bond acceptors (Lipinski definition) is 12. The summed E-state index contributed by atoms with van der Waals surface area (Å²) in [5.74, 6) is 3.10. The lowest BCUT2D eigenvalue weighted by atomic mass is 9.48. The maximum absolute atomic E-state index is 12.7. The van der Waals surface area contributed by atoms with E-state index in [1.165, 1.54) is 36.8 Å². The van der Waals surface area contributed by atoms with Crippen molar-refractivity contribution >= 4 is 0 Å². The van der Waals surface area contributed by atoms with Gasteiger partial charge in [-0.2, -0.15) is 0 Å². The molecule has 4 unspecified atom stereocenters. The molecule has 4 aliphatic heterocycles. The number of phenolic OH excluding ortho intramolecular Hbond substituents is 2. The average Bonchev–Trinajstić information content (AvgIpc) is 4.14. The Morgan fingerprint density at radius 2 is 1.05 bits per heavy atom. The second-order valence-electron chi connectivity index (χ2n) is 20.0. The first-order chi connectivity index (χ1) is 28.2. The fraction of sp³-hybridized carbons (Fsp3) is 0.739. The molecule has 4 heterocycles. The van der Waals surface area contributed by atoms with Gasteiger partial charge < -0.3 is 50.0 Å². The van der Waals surface area contributed by atoms with Crippen molar-refractivity contribution in [2.45, 2.75) is 135 Å². The van der Waals surface area contributed by atoms with E-state index in [0.717, 1.165) is 101 Å². The van der Waals surface area contributed by atoms with E-state index in [-0.39, 0.29) is 47.9 Å². The summed E-state index contributed by atoms with van der Waals surface area (Å²) in [5, 5.41) is 54.8. The molecular weight excluding hydrogens is 737 g/mol. The molecule has 12 rings (SSSR count). The van der Waals surface area contributed by atoms with Gasteiger partial charge in [0, 0.05) is 61.5 Å². The summed E-state index contributed by atoms with van der Waals surface area (Å²) >= 11 is 0. The molecule has 314 valence electrons. The van der Waals surface area contributed by atoms with Crippen molar-refractivity contribution in [1.29, 1.82) is 0 Å². The zero-order valence-corrected chi connectivity index (χ0v) is 33.8. The summed E-state index contributed by atoms with van der Waals surface area (Å²) in [6.45, 7) is 7.51. The van der Waals surface area contributed by atoms with Gasteiger partial charge in [0.15, 0.2) is 23.0 Å². The van der Waals surface area contributed by atoms with E-state index in [1.54, 1.807) is 12.1 Å². The SMILES string of the molecule is Oc1ccc2c3c1O[C@H]1[C@H](NCCOCCOCCN[C@@H]4CC[C@@]5(O)C6Cc7ccc(O)c8c7C5(CCN6CC5CC5)[C@H]4O8)CC[C@@]4(O)C(C2)N(CC2CC2)CCC314. The minimum atomic E-state index is -0.870. The Bertz CT molecular complexity index is 1820. The Morgan fingerprint density at radius 3 is 1.48 bits per heavy atom. The third-order valence-corrected chi connectivity index (χ3v) is 17.2. The largest absolute Gasteiger partial charge is 0.504 e. The molecule has 0 radical (unpaired) electrons. The van der Waals surface area contributed by atoms with E-state index in [9.17, 15) is 20.4 Å². The van der Waals surface area contributed by atoms with Crippen molar-refractivity contribution in [2.75, 3.05) is 65.7 Å². The highest BCUT2D eigenvalue weighted by molar-refractivity contribution is 5.64. The van der Waals surface area contributed by atoms with Crippen LogP contribution in [0.2, 0.25) is 0 Å². The quantitative estimate of drug-likeness (QED) is 0.147. The van der Waals surface area contributed by atoms with Gasteiger partial charge in [0.05, 0.1) is 48.5 Å². The Labute approximate surface area is 341 Å². The van der Waals surface area contributed by atoms with E-state index >= 15 is 0 Å². The van der Waals surface area contributed by atoms with Crippen LogP contribution in [0.1, 0.15) is 86.5 Å². The first kappa shape index (κ1) is 37.1. The maximum atomic E-state index is 12.7. The average molecular weight is 799 g/mol. The summed E-state index contributed by atoms with van der Waals surface area (Å²) in [6.07, 6.45) is 11.1. The van der Waals surface area contributed by atoms with E-state index in [0.29, 0.717) is 51.0 Å². The number of likely N-dealkylation sites (tertiary alicyclic amines) is 2. The van der Waals surface area contributed by atoms with Crippen LogP contribution in [-0.4, -0.2) is 143 Å². The molecule has 2 saturated heterocycles. The topological polar surface area (TPSA) is 148 Å². The first-order valence-electron chi connectivity index (χ1n) is 22.8. The number of nitrogens with zero attached hydrogens (tertiary/aromatic N) is 2. The predicted octanol–water partition coefficient (Wildman–Crippen LogP) is 2.88. The van der Waals surface area contributed by atoms with Gasteiger partial charge in [-0.1, -0.05) is 12.1 Å². The molecule has 58 heavy (non-hydrogen) atoms. The highest BCUT2D eigenvalue weighted by atomic mass is 16.5. The summed E-state index contributed by atoms with van der Waals surface area (Å²) in [4.78, 5) is 5.16. The number of phenols is 2. The molecule has 12 nitrogen and oxygen atoms in total. The molecule has 0 aromatic heterocycles. The van der Waals surface area contributed by atoms with Gasteiger partial charge >= 0.3 is 0 Å². The number of piperidine rings is 2. The number of hydrogen-bond donors (Lipinski definition) is 6. The molecule has 10 aliphatic rings. The van der Waals surface area contributed by atoms with Crippen LogP contribution >= 0.6 is 0 Å². The van der Waals surface area contributed by atoms with Crippen molar-refractivity contribution < 1.29 is 39.4 Å². The van der Waals surface area contributed by atoms with Gasteiger partial charge in [-0.05, 0) is 125 Å². The molecular formula is C46H62N4O8. The van der Waals surface area contributed by atoms with Crippen molar-refractivity contribution in [3.8, 4) is 23.0 Å². The summed E-state index contributed by atoms with van der Waals surface area (Å²) in [7, 11) is 0. The number of nitrogens with one attached hydrogen (secondary N) is 2. The zero-order valence-electron chi connectivity index (χ0n) is 33.8. The number of rotatable bonds is 15. The summed E-state index contributed by atoms with van der Waals surface area (Å²) in [5.41, 5.74) is 1.84. The molecule has 4 bridgehead atoms. The molecule has 4 saturated carbocycles. The smallest absolute Gasteiger partial charge is 0.165 e. The Balaban J connectivity index is 0.628. The number of ether oxygens (including phenoxy) is 4. The second-order valence-corrected chi connectivity index (χ2v) is 20.0. The molecule has 12 heteroatoms. The highest BCUT2D eigenvalue weighted by Crippen LogP contribution is 2.67. The van der Waals surface area contributed by atoms with Crippen molar-refractivity contribution in [3.63, 3.8) is 0 Å². The minimum absolute atomic E-state index is 0.0527. The van der Waals surface area contributed by atoms with Crippen molar-refractivity contribution in [2.24, 2.45) is 11.8 Å². The molecule has 0 amide bonds. The highest BCUT2D eigenvalue weighted by Gasteiger charge is 2.74. The molecule has 10 atom stereocenters. The van der Waals surface area contributed by atoms with Crippen LogP contribution in [0.5, 0.6) is 23.0 Å². The Hall–Kier alpha value is -2.68. The number of aliphatic hydroxyl groups is 2. The summed E-state index contributed by atoms with van der Waals surface area (Å²) in [6, 6.07) is 7.98. The fourth-order valence-corrected chi connectivity index (χ4v) is 14.3. The van der Waals surface area contributed by atoms with Crippen LogP contribution in [0, 0.1) is 11.8 Å². The van der Waals surface area contributed by atoms with Gasteiger partial charge in [0.1, 0.15) is 12.2 Å². The Morgan fingerprint density at radius 1 is 0.603 bits per heavy atom. The van der Waals surface area contributed by atoms with Crippen LogP contribution in [0.15, 0.2) is 24.3 Å². The lowest BCUT2D eigenvalue weighted by Gasteiger charge is -2.64. The van der Waals surface area contributed by atoms with Gasteiger partial charge in [0.2, 0.25) is 0 Å². The fourth-order valence-electron chi connectivity index (χ4n) is 14.3. The minimum Gasteiger partial charge on any atom is -0.504 e. The van der Waals surface area contributed by atoms with Gasteiger partial charge in [0.25, 0.3) is 0 Å². The standard InChI is InChI=1S/C46H62N4O8/c51-33-7-5-29-23-35-45(53)11-9-31(41-43(45,37(29)39(33)57-41)13-17-49(35)25-27-1-2-27)47-15-19-55-21-22-56-20-16-48-32-10-12-46(54)36-24-30-6-8-34(52)40-38(30)44(46,42(32)58-40)14-18-50(36)26-28-3-4-28/h5-8,27-28,31-32,35-36,41-42,47-48,51-54H,1-4,9-26H2/t31-,32-,35?,36?,41+,42+,43?,44?,45-,46-/m1/s1. The predicted molar refractivity (Wildman–Crippen MR) is 215 cm³/mol. The monoisotopic (exact) mass is 798 g/mol. The number of aromatic hydroxyl groups is 2. The van der Waals surface area contributed by atoms with E-state index < -0.39 is 22.0 Å². The third kappa shape index (κ3) is 5.15. The lowest BCUT2D eigenvalue weighted by molar-refractivity contribution is -0.192. The molecule has 6 N–H and O–H groups in total. The van der Waals surface area contributed by atoms with E-state index in [2.05, 4.69) is 32.6 Å². The van der Waals surface area contributed by atoms with E-state index in [4.69, 9.17) is 18.9 Å². The van der Waals surface area contributed by atoms with Crippen LogP contribution < -0.4 is 20.1 Å². The third-order valence-electron chi connectivity index (χ3n) is 17.2. The maximum Gasteiger partial charge on any atom is 0.165 e. The van der Waals surface area contributed by atoms with Gasteiger partial charge in [-0.3, -0.25) is 9.80 Å². The van der Waals surface area contributed by atoms with Gasteiger partial charge in [-0.25, -0.2) is 0 Å².